The van der Waals surface area contributed by atoms with E-state index < -0.39 is 0 Å². The highest BCUT2D eigenvalue weighted by atomic mass is 14.9. The Morgan fingerprint density at radius 1 is 1.06 bits per heavy atom. The molecule has 0 saturated heterocycles. The van der Waals surface area contributed by atoms with Crippen LogP contribution in [0.4, 0.5) is 0 Å². The van der Waals surface area contributed by atoms with Crippen molar-refractivity contribution in [2.24, 2.45) is 23.5 Å². The number of hydrogen-bond donors (Lipinski definition) is 2. The maximum absolute atomic E-state index is 5.81. The third kappa shape index (κ3) is 3.96. The van der Waals surface area contributed by atoms with Crippen LogP contribution in [0.15, 0.2) is 0 Å². The van der Waals surface area contributed by atoms with Crippen molar-refractivity contribution in [1.29, 1.82) is 0 Å². The molecule has 2 rings (SSSR count). The highest BCUT2D eigenvalue weighted by molar-refractivity contribution is 4.84. The maximum atomic E-state index is 5.81. The molecule has 2 aliphatic rings. The van der Waals surface area contributed by atoms with Gasteiger partial charge in [0.1, 0.15) is 0 Å². The Morgan fingerprint density at radius 3 is 2.53 bits per heavy atom. The molecule has 2 heteroatoms. The largest absolute Gasteiger partial charge is 0.330 e. The predicted molar refractivity (Wildman–Crippen MR) is 73.9 cm³/mol. The third-order valence-corrected chi connectivity index (χ3v) is 5.06. The first-order valence-electron chi connectivity index (χ1n) is 7.73. The van der Waals surface area contributed by atoms with E-state index in [1.54, 1.807) is 0 Å². The fourth-order valence-electron chi connectivity index (χ4n) is 3.68. The third-order valence-electron chi connectivity index (χ3n) is 5.06. The summed E-state index contributed by atoms with van der Waals surface area (Å²) in [5.74, 6) is 2.73. The van der Waals surface area contributed by atoms with E-state index >= 15 is 0 Å². The molecule has 2 saturated carbocycles. The van der Waals surface area contributed by atoms with E-state index in [-0.39, 0.29) is 0 Å². The van der Waals surface area contributed by atoms with Crippen LogP contribution < -0.4 is 11.1 Å². The fourth-order valence-corrected chi connectivity index (χ4v) is 3.68. The van der Waals surface area contributed by atoms with Crippen LogP contribution >= 0.6 is 0 Å². The summed E-state index contributed by atoms with van der Waals surface area (Å²) in [6, 6.07) is 0.725. The van der Waals surface area contributed by atoms with Gasteiger partial charge >= 0.3 is 0 Å². The van der Waals surface area contributed by atoms with Crippen LogP contribution in [0.25, 0.3) is 0 Å². The van der Waals surface area contributed by atoms with Gasteiger partial charge in [-0.15, -0.1) is 0 Å². The smallest absolute Gasteiger partial charge is 0.0107 e. The normalized spacial score (nSPS) is 38.5. The van der Waals surface area contributed by atoms with Crippen LogP contribution in [0.2, 0.25) is 0 Å². The fraction of sp³-hybridized carbons (Fsp3) is 1.00. The van der Waals surface area contributed by atoms with Crippen molar-refractivity contribution in [1.82, 2.24) is 5.32 Å². The van der Waals surface area contributed by atoms with Gasteiger partial charge < -0.3 is 11.1 Å². The second kappa shape index (κ2) is 6.75. The first-order chi connectivity index (χ1) is 8.29. The lowest BCUT2D eigenvalue weighted by Gasteiger charge is -2.27. The van der Waals surface area contributed by atoms with Gasteiger partial charge in [-0.25, -0.2) is 0 Å². The van der Waals surface area contributed by atoms with E-state index in [2.05, 4.69) is 12.2 Å². The molecular formula is C15H30N2. The molecule has 0 aromatic carbocycles. The number of nitrogens with two attached hydrogens (primary N) is 1. The van der Waals surface area contributed by atoms with Gasteiger partial charge in [-0.3, -0.25) is 0 Å². The topological polar surface area (TPSA) is 38.0 Å². The molecule has 0 aromatic heterocycles. The van der Waals surface area contributed by atoms with Crippen LogP contribution in [0.1, 0.15) is 58.3 Å². The number of hydrogen-bond acceptors (Lipinski definition) is 2. The van der Waals surface area contributed by atoms with Gasteiger partial charge in [-0.1, -0.05) is 39.0 Å². The molecule has 17 heavy (non-hydrogen) atoms. The van der Waals surface area contributed by atoms with E-state index in [1.165, 1.54) is 57.9 Å². The van der Waals surface area contributed by atoms with Gasteiger partial charge in [0.05, 0.1) is 0 Å². The Bertz CT molecular complexity index is 209. The van der Waals surface area contributed by atoms with Crippen molar-refractivity contribution >= 4 is 0 Å². The zero-order valence-electron chi connectivity index (χ0n) is 11.5. The first kappa shape index (κ1) is 13.4. The Morgan fingerprint density at radius 2 is 1.82 bits per heavy atom. The average Bonchev–Trinajstić information content (AvgIpc) is 2.79. The lowest BCUT2D eigenvalue weighted by molar-refractivity contribution is 0.269. The first-order valence-corrected chi connectivity index (χ1v) is 7.73. The summed E-state index contributed by atoms with van der Waals surface area (Å²) < 4.78 is 0. The Labute approximate surface area is 107 Å². The lowest BCUT2D eigenvalue weighted by atomic mass is 9.81. The molecule has 3 N–H and O–H groups in total. The Hall–Kier alpha value is -0.0800. The minimum Gasteiger partial charge on any atom is -0.330 e. The lowest BCUT2D eigenvalue weighted by Crippen LogP contribution is -2.37. The molecule has 2 nitrogen and oxygen atoms in total. The van der Waals surface area contributed by atoms with Gasteiger partial charge in [0.25, 0.3) is 0 Å². The summed E-state index contributed by atoms with van der Waals surface area (Å²) in [5, 5.41) is 3.76. The second-order valence-electron chi connectivity index (χ2n) is 6.40. The van der Waals surface area contributed by atoms with Crippen molar-refractivity contribution in [2.45, 2.75) is 64.3 Å². The minimum absolute atomic E-state index is 0.725. The van der Waals surface area contributed by atoms with Gasteiger partial charge in [-0.05, 0) is 50.1 Å². The van der Waals surface area contributed by atoms with E-state index in [0.717, 1.165) is 30.3 Å². The SMILES string of the molecule is CC1CCC(CCNC2CCCC2CN)CC1. The van der Waals surface area contributed by atoms with Gasteiger partial charge in [0, 0.05) is 6.04 Å². The monoisotopic (exact) mass is 238 g/mol. The molecular weight excluding hydrogens is 208 g/mol. The van der Waals surface area contributed by atoms with E-state index in [4.69, 9.17) is 5.73 Å². The second-order valence-corrected chi connectivity index (χ2v) is 6.40. The van der Waals surface area contributed by atoms with Crippen molar-refractivity contribution < 1.29 is 0 Å². The molecule has 0 aliphatic heterocycles. The summed E-state index contributed by atoms with van der Waals surface area (Å²) in [7, 11) is 0. The Balaban J connectivity index is 1.59. The molecule has 2 unspecified atom stereocenters. The number of rotatable bonds is 5. The van der Waals surface area contributed by atoms with Crippen molar-refractivity contribution in [2.75, 3.05) is 13.1 Å². The highest BCUT2D eigenvalue weighted by Crippen LogP contribution is 2.30. The molecule has 0 amide bonds. The highest BCUT2D eigenvalue weighted by Gasteiger charge is 2.25. The summed E-state index contributed by atoms with van der Waals surface area (Å²) >= 11 is 0. The number of nitrogens with one attached hydrogen (secondary N) is 1. The average molecular weight is 238 g/mol. The molecule has 2 aliphatic carbocycles. The maximum Gasteiger partial charge on any atom is 0.0107 e. The van der Waals surface area contributed by atoms with Crippen LogP contribution in [0.5, 0.6) is 0 Å². The van der Waals surface area contributed by atoms with Gasteiger partial charge in [-0.2, -0.15) is 0 Å². The zero-order chi connectivity index (χ0) is 12.1. The molecule has 0 heterocycles. The van der Waals surface area contributed by atoms with Gasteiger partial charge in [0.15, 0.2) is 0 Å². The molecule has 0 bridgehead atoms. The van der Waals surface area contributed by atoms with Crippen molar-refractivity contribution in [3.63, 3.8) is 0 Å². The minimum atomic E-state index is 0.725. The van der Waals surface area contributed by atoms with Crippen molar-refractivity contribution in [3.05, 3.63) is 0 Å². The standard InChI is InChI=1S/C15H30N2/c1-12-5-7-13(8-6-12)9-10-17-15-4-2-3-14(15)11-16/h12-15,17H,2-11,16H2,1H3. The van der Waals surface area contributed by atoms with Crippen LogP contribution in [0, 0.1) is 17.8 Å². The summed E-state index contributed by atoms with van der Waals surface area (Å²) in [6.07, 6.45) is 11.3. The molecule has 0 spiro atoms. The van der Waals surface area contributed by atoms with Gasteiger partial charge in [0.2, 0.25) is 0 Å². The van der Waals surface area contributed by atoms with E-state index in [9.17, 15) is 0 Å². The van der Waals surface area contributed by atoms with Crippen LogP contribution in [-0.2, 0) is 0 Å². The van der Waals surface area contributed by atoms with Crippen LogP contribution in [-0.4, -0.2) is 19.1 Å². The molecule has 2 atom stereocenters. The molecule has 0 aromatic rings. The Kier molecular flexibility index (Phi) is 5.30. The summed E-state index contributed by atoms with van der Waals surface area (Å²) in [5.41, 5.74) is 5.81. The summed E-state index contributed by atoms with van der Waals surface area (Å²) in [4.78, 5) is 0. The molecule has 0 radical (unpaired) electrons. The summed E-state index contributed by atoms with van der Waals surface area (Å²) in [6.45, 7) is 4.50. The molecule has 2 fully saturated rings. The van der Waals surface area contributed by atoms with Crippen molar-refractivity contribution in [3.8, 4) is 0 Å². The predicted octanol–water partition coefficient (Wildman–Crippen LogP) is 2.92. The zero-order valence-corrected chi connectivity index (χ0v) is 11.5. The van der Waals surface area contributed by atoms with Crippen LogP contribution in [0.3, 0.4) is 0 Å². The van der Waals surface area contributed by atoms with E-state index in [0.29, 0.717) is 0 Å². The van der Waals surface area contributed by atoms with E-state index in [1.807, 2.05) is 0 Å². The quantitative estimate of drug-likeness (QED) is 0.773. The molecule has 100 valence electrons.